The molecule has 132 valence electrons. The molecule has 0 aliphatic rings. The number of rotatable bonds is 5. The Hall–Kier alpha value is -3.66. The van der Waals surface area contributed by atoms with E-state index in [4.69, 9.17) is 0 Å². The van der Waals surface area contributed by atoms with Gasteiger partial charge in [-0.05, 0) is 40.6 Å². The molecule has 0 atom stereocenters. The minimum atomic E-state index is -0.138. The molecule has 0 spiro atoms. The Morgan fingerprint density at radius 1 is 0.889 bits per heavy atom. The maximum Gasteiger partial charge on any atom is 0.244 e. The summed E-state index contributed by atoms with van der Waals surface area (Å²) in [5.74, 6) is -0.138. The summed E-state index contributed by atoms with van der Waals surface area (Å²) >= 11 is 0. The smallest absolute Gasteiger partial charge is 0.244 e. The molecular formula is C23H19N3O. The summed E-state index contributed by atoms with van der Waals surface area (Å²) in [5, 5.41) is 6.36. The van der Waals surface area contributed by atoms with Gasteiger partial charge in [0.1, 0.15) is 0 Å². The van der Waals surface area contributed by atoms with Crippen LogP contribution in [0.4, 0.5) is 0 Å². The minimum Gasteiger partial charge on any atom is -0.316 e. The third-order valence-electron chi connectivity index (χ3n) is 4.43. The second-order valence-electron chi connectivity index (χ2n) is 6.25. The largest absolute Gasteiger partial charge is 0.316 e. The SMILES string of the molecule is O=C(Cc1cccc2ccccc12)N/N=C\c1cccn1-c1ccccc1. The molecule has 1 aromatic heterocycles. The van der Waals surface area contributed by atoms with Crippen molar-refractivity contribution in [1.82, 2.24) is 9.99 Å². The molecule has 1 heterocycles. The summed E-state index contributed by atoms with van der Waals surface area (Å²) in [4.78, 5) is 12.3. The molecule has 27 heavy (non-hydrogen) atoms. The average Bonchev–Trinajstić information content (AvgIpc) is 3.17. The fourth-order valence-electron chi connectivity index (χ4n) is 3.15. The molecule has 4 heteroatoms. The highest BCUT2D eigenvalue weighted by molar-refractivity contribution is 5.90. The predicted molar refractivity (Wildman–Crippen MR) is 109 cm³/mol. The third kappa shape index (κ3) is 3.80. The Bertz CT molecular complexity index is 1090. The minimum absolute atomic E-state index is 0.138. The van der Waals surface area contributed by atoms with Crippen LogP contribution in [-0.2, 0) is 11.2 Å². The fraction of sp³-hybridized carbons (Fsp3) is 0.0435. The standard InChI is InChI=1S/C23H19N3O/c27-23(16-19-10-6-9-18-8-4-5-14-22(18)19)25-24-17-21-13-7-15-26(21)20-11-2-1-3-12-20/h1-15,17H,16H2,(H,25,27)/b24-17-. The molecule has 1 amide bonds. The van der Waals surface area contributed by atoms with Gasteiger partial charge in [-0.25, -0.2) is 5.43 Å². The van der Waals surface area contributed by atoms with Crippen LogP contribution in [0.1, 0.15) is 11.3 Å². The number of amides is 1. The molecule has 4 nitrogen and oxygen atoms in total. The highest BCUT2D eigenvalue weighted by Gasteiger charge is 2.06. The van der Waals surface area contributed by atoms with Crippen molar-refractivity contribution in [3.63, 3.8) is 0 Å². The topological polar surface area (TPSA) is 46.4 Å². The Kier molecular flexibility index (Phi) is 4.79. The number of fused-ring (bicyclic) bond motifs is 1. The molecule has 0 fully saturated rings. The second-order valence-corrected chi connectivity index (χ2v) is 6.25. The summed E-state index contributed by atoms with van der Waals surface area (Å²) in [6, 6.07) is 28.0. The molecule has 0 saturated heterocycles. The van der Waals surface area contributed by atoms with Gasteiger partial charge >= 0.3 is 0 Å². The van der Waals surface area contributed by atoms with Gasteiger partial charge in [0.15, 0.2) is 0 Å². The van der Waals surface area contributed by atoms with Crippen LogP contribution in [-0.4, -0.2) is 16.7 Å². The van der Waals surface area contributed by atoms with Crippen molar-refractivity contribution in [3.8, 4) is 5.69 Å². The number of para-hydroxylation sites is 1. The van der Waals surface area contributed by atoms with Gasteiger partial charge in [0.2, 0.25) is 5.91 Å². The normalized spacial score (nSPS) is 11.1. The van der Waals surface area contributed by atoms with Crippen molar-refractivity contribution in [2.45, 2.75) is 6.42 Å². The number of carbonyl (C=O) groups is 1. The molecule has 1 N–H and O–H groups in total. The molecule has 0 aliphatic carbocycles. The first kappa shape index (κ1) is 16.8. The lowest BCUT2D eigenvalue weighted by Gasteiger charge is -2.06. The van der Waals surface area contributed by atoms with E-state index < -0.39 is 0 Å². The summed E-state index contributed by atoms with van der Waals surface area (Å²) < 4.78 is 2.01. The van der Waals surface area contributed by atoms with Crippen LogP contribution in [0.15, 0.2) is 96.2 Å². The number of benzene rings is 3. The summed E-state index contributed by atoms with van der Waals surface area (Å²) in [6.45, 7) is 0. The van der Waals surface area contributed by atoms with E-state index in [-0.39, 0.29) is 5.91 Å². The fourth-order valence-corrected chi connectivity index (χ4v) is 3.15. The van der Waals surface area contributed by atoms with Crippen molar-refractivity contribution in [1.29, 1.82) is 0 Å². The number of nitrogens with one attached hydrogen (secondary N) is 1. The van der Waals surface area contributed by atoms with Gasteiger partial charge in [-0.2, -0.15) is 5.10 Å². The Balaban J connectivity index is 1.45. The van der Waals surface area contributed by atoms with Crippen LogP contribution < -0.4 is 5.43 Å². The van der Waals surface area contributed by atoms with Crippen LogP contribution in [0.2, 0.25) is 0 Å². The highest BCUT2D eigenvalue weighted by atomic mass is 16.2. The lowest BCUT2D eigenvalue weighted by molar-refractivity contribution is -0.120. The van der Waals surface area contributed by atoms with Crippen molar-refractivity contribution >= 4 is 22.9 Å². The number of nitrogens with zero attached hydrogens (tertiary/aromatic N) is 2. The zero-order valence-electron chi connectivity index (χ0n) is 14.7. The molecular weight excluding hydrogens is 334 g/mol. The van der Waals surface area contributed by atoms with Gasteiger partial charge in [0.05, 0.1) is 18.3 Å². The zero-order valence-corrected chi connectivity index (χ0v) is 14.7. The van der Waals surface area contributed by atoms with E-state index in [9.17, 15) is 4.79 Å². The number of hydrogen-bond acceptors (Lipinski definition) is 2. The highest BCUT2D eigenvalue weighted by Crippen LogP contribution is 2.18. The Morgan fingerprint density at radius 2 is 1.67 bits per heavy atom. The molecule has 0 aliphatic heterocycles. The average molecular weight is 353 g/mol. The first-order chi connectivity index (χ1) is 13.3. The lowest BCUT2D eigenvalue weighted by atomic mass is 10.0. The maximum atomic E-state index is 12.3. The monoisotopic (exact) mass is 353 g/mol. The van der Waals surface area contributed by atoms with Crippen LogP contribution in [0.3, 0.4) is 0 Å². The van der Waals surface area contributed by atoms with Crippen LogP contribution >= 0.6 is 0 Å². The number of hydrazone groups is 1. The summed E-state index contributed by atoms with van der Waals surface area (Å²) in [5.41, 5.74) is 5.57. The van der Waals surface area contributed by atoms with E-state index in [1.165, 1.54) is 0 Å². The summed E-state index contributed by atoms with van der Waals surface area (Å²) in [7, 11) is 0. The zero-order chi connectivity index (χ0) is 18.5. The second kappa shape index (κ2) is 7.70. The number of hydrogen-bond donors (Lipinski definition) is 1. The van der Waals surface area contributed by atoms with Gasteiger partial charge in [-0.15, -0.1) is 0 Å². The van der Waals surface area contributed by atoms with E-state index in [1.54, 1.807) is 6.21 Å². The van der Waals surface area contributed by atoms with Crippen molar-refractivity contribution in [2.75, 3.05) is 0 Å². The molecule has 4 aromatic rings. The third-order valence-corrected chi connectivity index (χ3v) is 4.43. The quantitative estimate of drug-likeness (QED) is 0.421. The van der Waals surface area contributed by atoms with E-state index >= 15 is 0 Å². The Morgan fingerprint density at radius 3 is 2.56 bits per heavy atom. The van der Waals surface area contributed by atoms with Gasteiger partial charge in [0, 0.05) is 11.9 Å². The van der Waals surface area contributed by atoms with E-state index in [0.29, 0.717) is 6.42 Å². The first-order valence-corrected chi connectivity index (χ1v) is 8.82. The molecule has 0 saturated carbocycles. The van der Waals surface area contributed by atoms with Gasteiger partial charge in [-0.1, -0.05) is 60.7 Å². The predicted octanol–water partition coefficient (Wildman–Crippen LogP) is 4.32. The van der Waals surface area contributed by atoms with E-state index in [0.717, 1.165) is 27.7 Å². The van der Waals surface area contributed by atoms with Crippen molar-refractivity contribution in [2.24, 2.45) is 5.10 Å². The lowest BCUT2D eigenvalue weighted by Crippen LogP contribution is -2.20. The van der Waals surface area contributed by atoms with Crippen LogP contribution in [0.5, 0.6) is 0 Å². The van der Waals surface area contributed by atoms with Gasteiger partial charge < -0.3 is 4.57 Å². The van der Waals surface area contributed by atoms with Crippen LogP contribution in [0.25, 0.3) is 16.5 Å². The number of aromatic nitrogens is 1. The molecule has 3 aromatic carbocycles. The van der Waals surface area contributed by atoms with E-state index in [2.05, 4.69) is 10.5 Å². The van der Waals surface area contributed by atoms with Gasteiger partial charge in [-0.3, -0.25) is 4.79 Å². The summed E-state index contributed by atoms with van der Waals surface area (Å²) in [6.07, 6.45) is 3.92. The van der Waals surface area contributed by atoms with Crippen LogP contribution in [0, 0.1) is 0 Å². The molecule has 4 rings (SSSR count). The first-order valence-electron chi connectivity index (χ1n) is 8.82. The maximum absolute atomic E-state index is 12.3. The number of carbonyl (C=O) groups excluding carboxylic acids is 1. The molecule has 0 unspecified atom stereocenters. The van der Waals surface area contributed by atoms with Gasteiger partial charge in [0.25, 0.3) is 0 Å². The molecule has 0 bridgehead atoms. The van der Waals surface area contributed by atoms with E-state index in [1.807, 2.05) is 95.7 Å². The molecule has 0 radical (unpaired) electrons. The van der Waals surface area contributed by atoms with Crippen molar-refractivity contribution < 1.29 is 4.79 Å². The Labute approximate surface area is 157 Å². The van der Waals surface area contributed by atoms with Crippen molar-refractivity contribution in [3.05, 3.63) is 102 Å².